The van der Waals surface area contributed by atoms with Crippen LogP contribution in [0.4, 0.5) is 23.2 Å². The monoisotopic (exact) mass is 629 g/mol. The van der Waals surface area contributed by atoms with Gasteiger partial charge in [-0.2, -0.15) is 13.2 Å². The van der Waals surface area contributed by atoms with E-state index >= 15 is 0 Å². The first-order valence-electron chi connectivity index (χ1n) is 13.6. The number of hydrogen-bond acceptors (Lipinski definition) is 8. The second-order valence-corrected chi connectivity index (χ2v) is 12.7. The lowest BCUT2D eigenvalue weighted by Gasteiger charge is -2.46. The number of nitrogens with one attached hydrogen (secondary N) is 3. The molecular formula is C29H27F4N7O3S. The predicted molar refractivity (Wildman–Crippen MR) is 152 cm³/mol. The Morgan fingerprint density at radius 2 is 1.93 bits per heavy atom. The molecule has 44 heavy (non-hydrogen) atoms. The van der Waals surface area contributed by atoms with Crippen LogP contribution in [-0.2, 0) is 34.0 Å². The number of pyridine rings is 1. The third-order valence-corrected chi connectivity index (χ3v) is 9.98. The molecule has 1 aromatic carbocycles. The number of fused-ring (bicyclic) bond motifs is 2. The predicted octanol–water partition coefficient (Wildman–Crippen LogP) is 5.21. The van der Waals surface area contributed by atoms with Crippen LogP contribution in [0.2, 0.25) is 0 Å². The molecular weight excluding hydrogens is 602 g/mol. The Balaban J connectivity index is 1.43. The number of nitrogens with zero attached hydrogens (tertiary/aromatic N) is 4. The van der Waals surface area contributed by atoms with E-state index < -0.39 is 44.4 Å². The molecule has 10 nitrogen and oxygen atoms in total. The van der Waals surface area contributed by atoms with E-state index in [2.05, 4.69) is 15.3 Å². The van der Waals surface area contributed by atoms with Crippen LogP contribution in [0.15, 0.2) is 76.9 Å². The van der Waals surface area contributed by atoms with E-state index in [1.807, 2.05) is 0 Å². The van der Waals surface area contributed by atoms with Gasteiger partial charge in [-0.1, -0.05) is 5.57 Å². The number of carbonyl (C=O) groups is 1. The highest BCUT2D eigenvalue weighted by molar-refractivity contribution is 7.90. The van der Waals surface area contributed by atoms with Gasteiger partial charge >= 0.3 is 6.18 Å². The Labute approximate surface area is 250 Å². The van der Waals surface area contributed by atoms with Crippen molar-refractivity contribution in [1.29, 1.82) is 10.2 Å². The second-order valence-electron chi connectivity index (χ2n) is 10.8. The zero-order chi connectivity index (χ0) is 31.3. The lowest BCUT2D eigenvalue weighted by atomic mass is 9.65. The summed E-state index contributed by atoms with van der Waals surface area (Å²) in [7, 11) is -3.76. The average molecular weight is 630 g/mol. The minimum absolute atomic E-state index is 0.0142. The molecule has 0 saturated carbocycles. The molecule has 0 radical (unpaired) electrons. The van der Waals surface area contributed by atoms with Crippen LogP contribution < -0.4 is 5.32 Å². The lowest BCUT2D eigenvalue weighted by molar-refractivity contribution is -0.137. The van der Waals surface area contributed by atoms with Crippen molar-refractivity contribution in [1.82, 2.24) is 18.8 Å². The summed E-state index contributed by atoms with van der Waals surface area (Å²) >= 11 is 0. The van der Waals surface area contributed by atoms with Gasteiger partial charge in [-0.15, -0.1) is 0 Å². The molecule has 3 aromatic rings. The van der Waals surface area contributed by atoms with Crippen molar-refractivity contribution >= 4 is 27.6 Å². The molecule has 1 saturated heterocycles. The van der Waals surface area contributed by atoms with Crippen molar-refractivity contribution < 1.29 is 31.3 Å². The summed E-state index contributed by atoms with van der Waals surface area (Å²) in [5.41, 5.74) is -0.544. The van der Waals surface area contributed by atoms with E-state index in [4.69, 9.17) is 14.9 Å². The summed E-state index contributed by atoms with van der Waals surface area (Å²) in [6, 6.07) is 7.01. The van der Waals surface area contributed by atoms with Gasteiger partial charge in [0.05, 0.1) is 36.1 Å². The smallest absolute Gasteiger partial charge is 0.373 e. The number of piperidine rings is 1. The minimum Gasteiger partial charge on any atom is -0.373 e. The maximum Gasteiger partial charge on any atom is 0.416 e. The van der Waals surface area contributed by atoms with Crippen molar-refractivity contribution in [3.05, 3.63) is 94.5 Å². The maximum absolute atomic E-state index is 14.3. The zero-order valence-corrected chi connectivity index (χ0v) is 24.0. The number of ketones is 1. The summed E-state index contributed by atoms with van der Waals surface area (Å²) in [6.07, 6.45) is 0.409. The molecule has 15 heteroatoms. The first-order valence-corrected chi connectivity index (χ1v) is 15.2. The number of alkyl halides is 3. The van der Waals surface area contributed by atoms with Crippen molar-refractivity contribution in [2.45, 2.75) is 37.3 Å². The van der Waals surface area contributed by atoms with Crippen LogP contribution in [0, 0.1) is 21.4 Å². The lowest BCUT2D eigenvalue weighted by Crippen LogP contribution is -2.52. The number of allylic oxidation sites excluding steroid dienone is 2. The number of rotatable bonds is 7. The fourth-order valence-electron chi connectivity index (χ4n) is 5.88. The number of benzene rings is 1. The molecule has 2 aromatic heterocycles. The molecule has 230 valence electrons. The topological polar surface area (TPSA) is 137 Å². The molecule has 1 aliphatic carbocycles. The molecule has 1 fully saturated rings. The van der Waals surface area contributed by atoms with Crippen LogP contribution in [0.1, 0.15) is 34.6 Å². The summed E-state index contributed by atoms with van der Waals surface area (Å²) < 4.78 is 86.0. The number of anilines is 1. The second kappa shape index (κ2) is 11.1. The molecule has 2 atom stereocenters. The quantitative estimate of drug-likeness (QED) is 0.187. The van der Waals surface area contributed by atoms with Gasteiger partial charge in [0, 0.05) is 43.4 Å². The van der Waals surface area contributed by atoms with E-state index in [1.54, 1.807) is 10.6 Å². The van der Waals surface area contributed by atoms with Gasteiger partial charge < -0.3 is 20.0 Å². The molecule has 0 amide bonds. The largest absolute Gasteiger partial charge is 0.416 e. The number of aromatic nitrogens is 3. The van der Waals surface area contributed by atoms with Crippen molar-refractivity contribution in [2.75, 3.05) is 25.0 Å². The van der Waals surface area contributed by atoms with Gasteiger partial charge in [0.15, 0.2) is 15.7 Å². The Bertz CT molecular complexity index is 1820. The van der Waals surface area contributed by atoms with Crippen LogP contribution in [-0.4, -0.2) is 54.7 Å². The van der Waals surface area contributed by atoms with Gasteiger partial charge in [0.2, 0.25) is 5.16 Å². The zero-order valence-electron chi connectivity index (χ0n) is 23.2. The van der Waals surface area contributed by atoms with Crippen LogP contribution in [0.3, 0.4) is 0 Å². The standard InChI is InChI=1S/C29H27F4N7O3S/c30-21-1-3-22(4-2-21)38-24-11-19-6-8-39(44(35,42)27-37-15-23-16-43-10-9-40(23)27)17-28(19,13-18(24)14-34)26(41)25-12-20(5-7-36-25)29(31,32)33/h1-5,7,11-12,14-15,34-35,38H,6,8-10,13,16-17H2/t28-,44?/m0/s1. The average Bonchev–Trinajstić information content (AvgIpc) is 3.46. The van der Waals surface area contributed by atoms with E-state index in [-0.39, 0.29) is 37.7 Å². The highest BCUT2D eigenvalue weighted by atomic mass is 32.2. The highest BCUT2D eigenvalue weighted by Crippen LogP contribution is 2.48. The van der Waals surface area contributed by atoms with Gasteiger partial charge in [-0.25, -0.2) is 22.7 Å². The Morgan fingerprint density at radius 3 is 2.66 bits per heavy atom. The van der Waals surface area contributed by atoms with E-state index in [1.165, 1.54) is 34.8 Å². The summed E-state index contributed by atoms with van der Waals surface area (Å²) in [5, 5.41) is 11.3. The molecule has 3 N–H and O–H groups in total. The molecule has 0 spiro atoms. The Morgan fingerprint density at radius 1 is 1.16 bits per heavy atom. The van der Waals surface area contributed by atoms with Crippen LogP contribution >= 0.6 is 0 Å². The number of ether oxygens (including phenoxy) is 1. The number of imidazole rings is 1. The number of hydrogen-bond donors (Lipinski definition) is 3. The summed E-state index contributed by atoms with van der Waals surface area (Å²) in [5.74, 6) is -1.18. The van der Waals surface area contributed by atoms with Crippen molar-refractivity contribution in [3.63, 3.8) is 0 Å². The number of Topliss-reactive ketones (excluding diaryl/α,β-unsaturated/α-hetero) is 1. The number of carbonyl (C=O) groups excluding carboxylic acids is 1. The molecule has 3 aliphatic rings. The van der Waals surface area contributed by atoms with E-state index in [0.29, 0.717) is 47.4 Å². The SMILES string of the molecule is N=CC1=C(Nc2ccc(F)cc2)C=C2CCN(S(=N)(=O)c3ncc4n3CCOC4)C[C@@]2(C(=O)c2cc(C(F)(F)F)ccn2)C1. The van der Waals surface area contributed by atoms with Gasteiger partial charge in [-0.05, 0) is 60.9 Å². The Hall–Kier alpha value is -4.21. The van der Waals surface area contributed by atoms with Gasteiger partial charge in [-0.3, -0.25) is 9.78 Å². The third-order valence-electron chi connectivity index (χ3n) is 8.12. The highest BCUT2D eigenvalue weighted by Gasteiger charge is 2.51. The third kappa shape index (κ3) is 5.24. The van der Waals surface area contributed by atoms with Gasteiger partial charge in [0.1, 0.15) is 11.5 Å². The normalized spacial score (nSPS) is 22.0. The fraction of sp³-hybridized carbons (Fsp3) is 0.310. The van der Waals surface area contributed by atoms with Crippen LogP contribution in [0.25, 0.3) is 0 Å². The van der Waals surface area contributed by atoms with Crippen molar-refractivity contribution in [2.24, 2.45) is 5.41 Å². The first kappa shape index (κ1) is 29.8. The minimum atomic E-state index is -4.72. The first-order chi connectivity index (χ1) is 20.9. The van der Waals surface area contributed by atoms with Crippen LogP contribution in [0.5, 0.6) is 0 Å². The maximum atomic E-state index is 14.3. The molecule has 2 aliphatic heterocycles. The van der Waals surface area contributed by atoms with E-state index in [9.17, 15) is 26.6 Å². The summed E-state index contributed by atoms with van der Waals surface area (Å²) in [6.45, 7) is 0.756. The fourth-order valence-corrected chi connectivity index (χ4v) is 7.56. The molecule has 0 bridgehead atoms. The van der Waals surface area contributed by atoms with E-state index in [0.717, 1.165) is 18.5 Å². The van der Waals surface area contributed by atoms with Crippen molar-refractivity contribution in [3.8, 4) is 0 Å². The number of halogens is 4. The molecule has 4 heterocycles. The molecule has 6 rings (SSSR count). The molecule has 1 unspecified atom stereocenters. The Kier molecular flexibility index (Phi) is 7.50. The summed E-state index contributed by atoms with van der Waals surface area (Å²) in [4.78, 5) is 22.6. The van der Waals surface area contributed by atoms with Gasteiger partial charge in [0.25, 0.3) is 0 Å².